The Morgan fingerprint density at radius 2 is 2.12 bits per heavy atom. The summed E-state index contributed by atoms with van der Waals surface area (Å²) in [5, 5.41) is 9.19. The van der Waals surface area contributed by atoms with Crippen LogP contribution in [0.4, 0.5) is 4.79 Å². The van der Waals surface area contributed by atoms with Crippen LogP contribution >= 0.6 is 0 Å². The number of carbonyl (C=O) groups excluding carboxylic acids is 1. The fraction of sp³-hybridized carbons (Fsp3) is 0.909. The van der Waals surface area contributed by atoms with E-state index in [0.717, 1.165) is 0 Å². The van der Waals surface area contributed by atoms with Crippen LogP contribution in [-0.4, -0.2) is 54.1 Å². The van der Waals surface area contributed by atoms with Crippen LogP contribution in [0, 0.1) is 0 Å². The fourth-order valence-corrected chi connectivity index (χ4v) is 1.76. The molecule has 1 saturated heterocycles. The summed E-state index contributed by atoms with van der Waals surface area (Å²) in [7, 11) is 1.61. The van der Waals surface area contributed by atoms with Gasteiger partial charge in [-0.25, -0.2) is 4.79 Å². The maximum Gasteiger partial charge on any atom is 0.410 e. The van der Waals surface area contributed by atoms with Gasteiger partial charge in [0.15, 0.2) is 0 Å². The smallest absolute Gasteiger partial charge is 0.410 e. The lowest BCUT2D eigenvalue weighted by atomic mass is 10.2. The van der Waals surface area contributed by atoms with Gasteiger partial charge in [-0.1, -0.05) is 0 Å². The van der Waals surface area contributed by atoms with Gasteiger partial charge in [0.25, 0.3) is 0 Å². The van der Waals surface area contributed by atoms with Crippen molar-refractivity contribution in [2.75, 3.05) is 20.3 Å². The first-order valence-corrected chi connectivity index (χ1v) is 5.50. The van der Waals surface area contributed by atoms with Crippen molar-refractivity contribution in [1.29, 1.82) is 0 Å². The number of ether oxygens (including phenoxy) is 2. The third-order valence-corrected chi connectivity index (χ3v) is 2.55. The summed E-state index contributed by atoms with van der Waals surface area (Å²) in [4.78, 5) is 13.4. The molecule has 0 aromatic heterocycles. The summed E-state index contributed by atoms with van der Waals surface area (Å²) in [6.45, 7) is 5.89. The molecule has 0 saturated carbocycles. The standard InChI is InChI=1S/C11H21NO4/c1-11(2,3)16-10(14)12-6-9(15-4)5-8(12)7-13/h8-9,13H,5-7H2,1-4H3/t8?,9-/m1/s1. The van der Waals surface area contributed by atoms with Crippen molar-refractivity contribution in [1.82, 2.24) is 4.90 Å². The zero-order valence-corrected chi connectivity index (χ0v) is 10.4. The Balaban J connectivity index is 2.61. The van der Waals surface area contributed by atoms with Crippen molar-refractivity contribution in [3.05, 3.63) is 0 Å². The van der Waals surface area contributed by atoms with Gasteiger partial charge in [0.2, 0.25) is 0 Å². The molecule has 0 radical (unpaired) electrons. The summed E-state index contributed by atoms with van der Waals surface area (Å²) in [6, 6.07) is -0.195. The van der Waals surface area contributed by atoms with Crippen molar-refractivity contribution in [3.63, 3.8) is 0 Å². The second kappa shape index (κ2) is 5.01. The minimum Gasteiger partial charge on any atom is -0.444 e. The Kier molecular flexibility index (Phi) is 4.15. The third-order valence-electron chi connectivity index (χ3n) is 2.55. The maximum absolute atomic E-state index is 11.8. The van der Waals surface area contributed by atoms with E-state index >= 15 is 0 Å². The number of rotatable bonds is 2. The predicted octanol–water partition coefficient (Wildman–Crippen LogP) is 1.00. The molecule has 1 amide bonds. The van der Waals surface area contributed by atoms with E-state index in [4.69, 9.17) is 9.47 Å². The third kappa shape index (κ3) is 3.35. The minimum absolute atomic E-state index is 0.00957. The average Bonchev–Trinajstić information content (AvgIpc) is 2.58. The van der Waals surface area contributed by atoms with Gasteiger partial charge in [0.1, 0.15) is 5.60 Å². The molecule has 0 spiro atoms. The predicted molar refractivity (Wildman–Crippen MR) is 59.2 cm³/mol. The van der Waals surface area contributed by atoms with Crippen LogP contribution in [0.3, 0.4) is 0 Å². The van der Waals surface area contributed by atoms with Crippen LogP contribution in [-0.2, 0) is 9.47 Å². The van der Waals surface area contributed by atoms with Crippen molar-refractivity contribution in [2.24, 2.45) is 0 Å². The molecule has 1 heterocycles. The van der Waals surface area contributed by atoms with E-state index in [-0.39, 0.29) is 24.8 Å². The Morgan fingerprint density at radius 3 is 2.56 bits per heavy atom. The minimum atomic E-state index is -0.512. The van der Waals surface area contributed by atoms with E-state index in [2.05, 4.69) is 0 Å². The molecule has 2 atom stereocenters. The van der Waals surface area contributed by atoms with E-state index in [0.29, 0.717) is 13.0 Å². The lowest BCUT2D eigenvalue weighted by Gasteiger charge is -2.27. The van der Waals surface area contributed by atoms with Crippen LogP contribution in [0.15, 0.2) is 0 Å². The highest BCUT2D eigenvalue weighted by atomic mass is 16.6. The molecule has 94 valence electrons. The number of likely N-dealkylation sites (tertiary alicyclic amines) is 1. The number of hydrogen-bond acceptors (Lipinski definition) is 4. The van der Waals surface area contributed by atoms with Gasteiger partial charge in [-0.15, -0.1) is 0 Å². The van der Waals surface area contributed by atoms with Crippen molar-refractivity contribution in [3.8, 4) is 0 Å². The highest BCUT2D eigenvalue weighted by Crippen LogP contribution is 2.22. The quantitative estimate of drug-likeness (QED) is 0.770. The Morgan fingerprint density at radius 1 is 1.50 bits per heavy atom. The number of hydrogen-bond donors (Lipinski definition) is 1. The van der Waals surface area contributed by atoms with Gasteiger partial charge in [0.05, 0.1) is 25.3 Å². The monoisotopic (exact) mass is 231 g/mol. The van der Waals surface area contributed by atoms with Gasteiger partial charge in [-0.2, -0.15) is 0 Å². The van der Waals surface area contributed by atoms with Gasteiger partial charge in [-0.3, -0.25) is 0 Å². The maximum atomic E-state index is 11.8. The molecule has 1 aliphatic rings. The number of aliphatic hydroxyl groups is 1. The van der Waals surface area contributed by atoms with Crippen LogP contribution in [0.25, 0.3) is 0 Å². The SMILES string of the molecule is CO[C@@H]1CC(CO)N(C(=O)OC(C)(C)C)C1. The van der Waals surface area contributed by atoms with Crippen molar-refractivity contribution < 1.29 is 19.4 Å². The number of methoxy groups -OCH3 is 1. The molecule has 16 heavy (non-hydrogen) atoms. The molecule has 1 aliphatic heterocycles. The molecule has 0 bridgehead atoms. The summed E-state index contributed by atoms with van der Waals surface area (Å²) < 4.78 is 10.5. The zero-order chi connectivity index (χ0) is 12.3. The normalized spacial score (nSPS) is 25.9. The first-order chi connectivity index (χ1) is 7.37. The van der Waals surface area contributed by atoms with Gasteiger partial charge < -0.3 is 19.5 Å². The zero-order valence-electron chi connectivity index (χ0n) is 10.4. The lowest BCUT2D eigenvalue weighted by molar-refractivity contribution is 0.0154. The van der Waals surface area contributed by atoms with Crippen molar-refractivity contribution in [2.45, 2.75) is 44.9 Å². The van der Waals surface area contributed by atoms with Gasteiger partial charge in [0, 0.05) is 7.11 Å². The molecule has 0 aromatic rings. The second-order valence-electron chi connectivity index (χ2n) is 5.06. The molecule has 5 nitrogen and oxygen atoms in total. The highest BCUT2D eigenvalue weighted by molar-refractivity contribution is 5.69. The lowest BCUT2D eigenvalue weighted by Crippen LogP contribution is -2.41. The van der Waals surface area contributed by atoms with Crippen molar-refractivity contribution >= 4 is 6.09 Å². The second-order valence-corrected chi connectivity index (χ2v) is 5.06. The van der Waals surface area contributed by atoms with E-state index in [1.807, 2.05) is 20.8 Å². The van der Waals surface area contributed by atoms with Crippen LogP contribution in [0.5, 0.6) is 0 Å². The molecule has 1 N–H and O–H groups in total. The summed E-state index contributed by atoms with van der Waals surface area (Å²) >= 11 is 0. The first-order valence-electron chi connectivity index (χ1n) is 5.50. The summed E-state index contributed by atoms with van der Waals surface area (Å²) in [6.07, 6.45) is 0.266. The van der Waals surface area contributed by atoms with Crippen LogP contribution in [0.2, 0.25) is 0 Å². The molecule has 1 rings (SSSR count). The summed E-state index contributed by atoms with van der Waals surface area (Å²) in [5.74, 6) is 0. The number of aliphatic hydroxyl groups excluding tert-OH is 1. The first kappa shape index (κ1) is 13.3. The number of nitrogens with zero attached hydrogens (tertiary/aromatic N) is 1. The fourth-order valence-electron chi connectivity index (χ4n) is 1.76. The van der Waals surface area contributed by atoms with Gasteiger partial charge >= 0.3 is 6.09 Å². The largest absolute Gasteiger partial charge is 0.444 e. The summed E-state index contributed by atoms with van der Waals surface area (Å²) in [5.41, 5.74) is -0.512. The van der Waals surface area contributed by atoms with E-state index in [1.54, 1.807) is 12.0 Å². The number of amides is 1. The molecular formula is C11H21NO4. The van der Waals surface area contributed by atoms with E-state index in [9.17, 15) is 9.90 Å². The molecule has 1 unspecified atom stereocenters. The highest BCUT2D eigenvalue weighted by Gasteiger charge is 2.37. The Bertz CT molecular complexity index is 249. The Labute approximate surface area is 96.3 Å². The average molecular weight is 231 g/mol. The van der Waals surface area contributed by atoms with Crippen LogP contribution < -0.4 is 0 Å². The number of carbonyl (C=O) groups is 1. The molecule has 1 fully saturated rings. The molecular weight excluding hydrogens is 210 g/mol. The topological polar surface area (TPSA) is 59.0 Å². The molecule has 0 aromatic carbocycles. The van der Waals surface area contributed by atoms with Crippen LogP contribution in [0.1, 0.15) is 27.2 Å². The van der Waals surface area contributed by atoms with E-state index < -0.39 is 5.60 Å². The molecule has 0 aliphatic carbocycles. The Hall–Kier alpha value is -0.810. The molecule has 5 heteroatoms. The van der Waals surface area contributed by atoms with Gasteiger partial charge in [-0.05, 0) is 27.2 Å². The van der Waals surface area contributed by atoms with E-state index in [1.165, 1.54) is 0 Å².